The van der Waals surface area contributed by atoms with Gasteiger partial charge in [0.05, 0.1) is 0 Å². The summed E-state index contributed by atoms with van der Waals surface area (Å²) < 4.78 is 0. The lowest BCUT2D eigenvalue weighted by molar-refractivity contribution is 1.26. The van der Waals surface area contributed by atoms with E-state index in [1.165, 1.54) is 42.9 Å². The van der Waals surface area contributed by atoms with Crippen molar-refractivity contribution in [2.75, 3.05) is 15.1 Å². The minimum atomic E-state index is -2.85. The Morgan fingerprint density at radius 3 is 1.60 bits per heavy atom. The Bertz CT molecular complexity index is 3230. The average Bonchev–Trinajstić information content (AvgIpc) is 3.38. The van der Waals surface area contributed by atoms with E-state index in [0.717, 1.165) is 56.5 Å². The highest BCUT2D eigenvalue weighted by molar-refractivity contribution is 7.21. The van der Waals surface area contributed by atoms with Crippen molar-refractivity contribution in [1.29, 1.82) is 0 Å². The van der Waals surface area contributed by atoms with Crippen molar-refractivity contribution in [3.63, 3.8) is 0 Å². The number of anilines is 8. The topological polar surface area (TPSA) is 18.5 Å². The van der Waals surface area contributed by atoms with E-state index in [0.29, 0.717) is 0 Å². The summed E-state index contributed by atoms with van der Waals surface area (Å²) >= 11 is 0. The van der Waals surface area contributed by atoms with Crippen LogP contribution >= 0.6 is 0 Å². The molecule has 2 aliphatic heterocycles. The zero-order valence-corrected chi connectivity index (χ0v) is 36.7. The quantitative estimate of drug-likeness (QED) is 0.154. The lowest BCUT2D eigenvalue weighted by Crippen LogP contribution is -2.76. The minimum absolute atomic E-state index is 1.09. The summed E-state index contributed by atoms with van der Waals surface area (Å²) in [5.41, 5.74) is 16.0. The first-order chi connectivity index (χ1) is 32.3. The molecule has 305 valence electrons. The van der Waals surface area contributed by atoms with Gasteiger partial charge in [0.1, 0.15) is 0 Å². The third kappa shape index (κ3) is 6.51. The largest absolute Gasteiger partial charge is 0.355 e. The normalized spacial score (nSPS) is 13.0. The van der Waals surface area contributed by atoms with Crippen molar-refractivity contribution >= 4 is 92.5 Å². The number of rotatable bonds is 8. The van der Waals surface area contributed by atoms with Crippen LogP contribution in [0.25, 0.3) is 22.3 Å². The van der Waals surface area contributed by atoms with Crippen LogP contribution in [0.3, 0.4) is 0 Å². The fourth-order valence-electron chi connectivity index (χ4n) is 10.3. The molecule has 0 aliphatic carbocycles. The van der Waals surface area contributed by atoms with Gasteiger partial charge in [-0.05, 0) is 116 Å². The molecule has 0 fully saturated rings. The highest BCUT2D eigenvalue weighted by Crippen LogP contribution is 2.43. The van der Waals surface area contributed by atoms with Gasteiger partial charge in [-0.3, -0.25) is 0 Å². The van der Waals surface area contributed by atoms with Crippen LogP contribution in [0.15, 0.2) is 255 Å². The summed E-state index contributed by atoms with van der Waals surface area (Å²) in [6.45, 7) is 0. The lowest BCUT2D eigenvalue weighted by atomic mass is 9.57. The van der Waals surface area contributed by atoms with Crippen LogP contribution in [0.4, 0.5) is 45.5 Å². The van der Waals surface area contributed by atoms with Gasteiger partial charge in [-0.25, -0.2) is 0 Å². The Hall–Kier alpha value is -8.12. The van der Waals surface area contributed by atoms with Gasteiger partial charge in [-0.2, -0.15) is 0 Å². The molecule has 1 radical (unpaired) electrons. The molecule has 10 aromatic rings. The van der Waals surface area contributed by atoms with Gasteiger partial charge < -0.3 is 15.1 Å². The molecular formula is C60H43BN3Si. The summed E-state index contributed by atoms with van der Waals surface area (Å²) in [5, 5.41) is 9.54. The second-order valence-electron chi connectivity index (χ2n) is 16.8. The summed E-state index contributed by atoms with van der Waals surface area (Å²) in [7, 11) is -0.419. The molecule has 12 rings (SSSR count). The fraction of sp³-hybridized carbons (Fsp3) is 0. The van der Waals surface area contributed by atoms with Crippen LogP contribution in [0.2, 0.25) is 0 Å². The van der Waals surface area contributed by atoms with E-state index in [1.54, 1.807) is 0 Å². The van der Waals surface area contributed by atoms with E-state index in [-0.39, 0.29) is 0 Å². The molecule has 65 heavy (non-hydrogen) atoms. The van der Waals surface area contributed by atoms with E-state index in [1.807, 2.05) is 0 Å². The number of nitrogens with one attached hydrogen (secondary N) is 1. The Kier molecular flexibility index (Phi) is 9.62. The van der Waals surface area contributed by atoms with E-state index in [4.69, 9.17) is 0 Å². The highest BCUT2D eigenvalue weighted by atomic mass is 28.3. The van der Waals surface area contributed by atoms with Crippen molar-refractivity contribution < 1.29 is 0 Å². The van der Waals surface area contributed by atoms with Gasteiger partial charge in [-0.1, -0.05) is 187 Å². The fourth-order valence-corrected chi connectivity index (χ4v) is 15.4. The minimum Gasteiger partial charge on any atom is -0.355 e. The number of benzene rings is 10. The zero-order chi connectivity index (χ0) is 43.2. The van der Waals surface area contributed by atoms with E-state index < -0.39 is 8.07 Å². The molecule has 0 amide bonds. The van der Waals surface area contributed by atoms with Crippen LogP contribution in [-0.4, -0.2) is 15.4 Å². The summed E-state index contributed by atoms with van der Waals surface area (Å²) in [5.74, 6) is 0. The summed E-state index contributed by atoms with van der Waals surface area (Å²) in [4.78, 5) is 4.81. The molecule has 0 atom stereocenters. The predicted octanol–water partition coefficient (Wildman–Crippen LogP) is 11.4. The maximum absolute atomic E-state index is 4.09. The monoisotopic (exact) mass is 844 g/mol. The Morgan fingerprint density at radius 1 is 0.400 bits per heavy atom. The molecule has 0 bridgehead atoms. The van der Waals surface area contributed by atoms with Crippen LogP contribution < -0.4 is 46.8 Å². The smallest absolute Gasteiger partial charge is 0.197 e. The molecule has 0 saturated heterocycles. The molecule has 0 saturated carbocycles. The molecule has 3 nitrogen and oxygen atoms in total. The van der Waals surface area contributed by atoms with Gasteiger partial charge in [0.15, 0.2) is 15.4 Å². The van der Waals surface area contributed by atoms with Crippen molar-refractivity contribution in [3.05, 3.63) is 255 Å². The SMILES string of the molecule is [B]1c2cc(N(c3ccccc3)c3ccccc3)ccc2N(c2ccccc2)c2cc(-c3ccccc3)cc(-c3cccc4c3Nc3ccccc3[Si]4(c3ccccc3)c3ccccc3)c21. The number of hydrogen-bond donors (Lipinski definition) is 1. The molecule has 2 aliphatic rings. The van der Waals surface area contributed by atoms with Crippen LogP contribution in [0.1, 0.15) is 0 Å². The number of para-hydroxylation sites is 5. The van der Waals surface area contributed by atoms with E-state index in [9.17, 15) is 0 Å². The van der Waals surface area contributed by atoms with Crippen molar-refractivity contribution in [2.24, 2.45) is 0 Å². The molecule has 0 unspecified atom stereocenters. The van der Waals surface area contributed by atoms with E-state index >= 15 is 0 Å². The van der Waals surface area contributed by atoms with Gasteiger partial charge in [0, 0.05) is 51.1 Å². The zero-order valence-electron chi connectivity index (χ0n) is 35.7. The predicted molar refractivity (Wildman–Crippen MR) is 279 cm³/mol. The standard InChI is InChI=1S/C60H43BN3Si/c1-7-22-43(23-8-1)44-40-52(51-34-21-37-58-60(51)62-54-35-19-20-36-57(54)65(58,49-30-15-5-16-31-49)50-32-17-6-18-33-50)59-56(41-44)64(47-28-13-4-14-29-47)55-39-38-48(42-53(55)61-59)63(45-24-9-2-10-25-45)46-26-11-3-12-27-46/h1-42,62H. The van der Waals surface area contributed by atoms with E-state index in [2.05, 4.69) is 277 Å². The average molecular weight is 845 g/mol. The highest BCUT2D eigenvalue weighted by Gasteiger charge is 2.47. The third-order valence-corrected chi connectivity index (χ3v) is 18.0. The molecular weight excluding hydrogens is 802 g/mol. The lowest BCUT2D eigenvalue weighted by Gasteiger charge is -2.41. The molecule has 1 N–H and O–H groups in total. The molecule has 0 aromatic heterocycles. The maximum atomic E-state index is 4.09. The van der Waals surface area contributed by atoms with Crippen LogP contribution in [0.5, 0.6) is 0 Å². The molecule has 10 aromatic carbocycles. The maximum Gasteiger partial charge on any atom is 0.197 e. The van der Waals surface area contributed by atoms with Crippen molar-refractivity contribution in [2.45, 2.75) is 0 Å². The first-order valence-corrected chi connectivity index (χ1v) is 24.3. The van der Waals surface area contributed by atoms with Gasteiger partial charge in [-0.15, -0.1) is 0 Å². The molecule has 0 spiro atoms. The third-order valence-electron chi connectivity index (χ3n) is 13.1. The Balaban J connectivity index is 1.13. The van der Waals surface area contributed by atoms with Gasteiger partial charge in [0.25, 0.3) is 0 Å². The second kappa shape index (κ2) is 16.2. The number of fused-ring (bicyclic) bond motifs is 4. The van der Waals surface area contributed by atoms with Crippen LogP contribution in [0, 0.1) is 0 Å². The summed E-state index contributed by atoms with van der Waals surface area (Å²) in [6.07, 6.45) is 0. The second-order valence-corrected chi connectivity index (χ2v) is 20.5. The molecule has 5 heteroatoms. The summed E-state index contributed by atoms with van der Waals surface area (Å²) in [6, 6.07) is 93.3. The Labute approximate surface area is 382 Å². The van der Waals surface area contributed by atoms with Gasteiger partial charge >= 0.3 is 0 Å². The van der Waals surface area contributed by atoms with Gasteiger partial charge in [0.2, 0.25) is 0 Å². The van der Waals surface area contributed by atoms with Crippen molar-refractivity contribution in [3.8, 4) is 22.3 Å². The number of nitrogens with zero attached hydrogens (tertiary/aromatic N) is 2. The molecule has 2 heterocycles. The number of hydrogen-bond acceptors (Lipinski definition) is 3. The first kappa shape index (κ1) is 38.5. The van der Waals surface area contributed by atoms with Crippen molar-refractivity contribution in [1.82, 2.24) is 0 Å². The first-order valence-electron chi connectivity index (χ1n) is 22.3. The Morgan fingerprint density at radius 2 is 0.954 bits per heavy atom. The van der Waals surface area contributed by atoms with Crippen LogP contribution in [-0.2, 0) is 0 Å².